The van der Waals surface area contributed by atoms with Gasteiger partial charge in [-0.1, -0.05) is 13.8 Å². The van der Waals surface area contributed by atoms with E-state index in [4.69, 9.17) is 24.9 Å². The van der Waals surface area contributed by atoms with Crippen molar-refractivity contribution in [1.82, 2.24) is 0 Å². The quantitative estimate of drug-likeness (QED) is 0.355. The maximum atomic E-state index is 7.17. The van der Waals surface area contributed by atoms with Gasteiger partial charge in [0.05, 0.1) is 0 Å². The van der Waals surface area contributed by atoms with Crippen molar-refractivity contribution in [2.75, 3.05) is 20.3 Å². The largest absolute Gasteiger partial charge is 0.631 e. The van der Waals surface area contributed by atoms with E-state index in [-0.39, 0.29) is 0 Å². The van der Waals surface area contributed by atoms with Crippen molar-refractivity contribution in [1.29, 1.82) is 0 Å². The first-order chi connectivity index (χ1) is 6.15. The van der Waals surface area contributed by atoms with Crippen LogP contribution in [0.1, 0.15) is 26.7 Å². The Bertz CT molecular complexity index is 56.1. The molecule has 0 saturated carbocycles. The van der Waals surface area contributed by atoms with E-state index >= 15 is 0 Å². The van der Waals surface area contributed by atoms with E-state index < -0.39 is 7.32 Å². The lowest BCUT2D eigenvalue weighted by Gasteiger charge is -1.95. The van der Waals surface area contributed by atoms with Crippen molar-refractivity contribution in [3.63, 3.8) is 0 Å². The fourth-order valence-electron chi connectivity index (χ4n) is 0.391. The summed E-state index contributed by atoms with van der Waals surface area (Å²) in [6.07, 6.45) is 2.28. The van der Waals surface area contributed by atoms with Gasteiger partial charge in [0.25, 0.3) is 0 Å². The molecule has 0 aliphatic rings. The minimum Gasteiger partial charge on any atom is -0.402 e. The highest BCUT2D eigenvalue weighted by Crippen LogP contribution is 1.81. The first kappa shape index (κ1) is 18.6. The number of aliphatic hydroxyl groups is 1. The second-order valence-electron chi connectivity index (χ2n) is 1.96. The zero-order valence-corrected chi connectivity index (χ0v) is 8.60. The molecule has 82 valence electrons. The molecule has 0 bridgehead atoms. The highest BCUT2D eigenvalue weighted by Gasteiger charge is 1.92. The minimum absolute atomic E-state index is 0.924. The van der Waals surface area contributed by atoms with Gasteiger partial charge in [-0.3, -0.25) is 0 Å². The standard InChI is InChI=1S/C6H14O.CH4O.BH3O3/c1-3-5-7-6-4-2;1-2;2-1(3)4/h3-6H2,1-2H3;2H,1H3;2-4H. The van der Waals surface area contributed by atoms with Crippen LogP contribution in [-0.2, 0) is 4.74 Å². The van der Waals surface area contributed by atoms with E-state index in [0.717, 1.165) is 33.2 Å². The lowest BCUT2D eigenvalue weighted by Crippen LogP contribution is -2.07. The molecule has 0 saturated heterocycles. The zero-order chi connectivity index (χ0) is 11.1. The fourth-order valence-corrected chi connectivity index (χ4v) is 0.391. The van der Waals surface area contributed by atoms with Crippen molar-refractivity contribution in [3.8, 4) is 0 Å². The molecule has 0 heterocycles. The molecule has 5 nitrogen and oxygen atoms in total. The van der Waals surface area contributed by atoms with E-state index in [0.29, 0.717) is 0 Å². The molecule has 4 N–H and O–H groups in total. The predicted molar refractivity (Wildman–Crippen MR) is 52.0 cm³/mol. The summed E-state index contributed by atoms with van der Waals surface area (Å²) in [4.78, 5) is 0. The van der Waals surface area contributed by atoms with Crippen LogP contribution < -0.4 is 0 Å². The molecular formula is C7H21BO5. The molecular weight excluding hydrogens is 175 g/mol. The SMILES string of the molecule is CCCOCCC.CO.OB(O)O. The third-order valence-corrected chi connectivity index (χ3v) is 0.697. The smallest absolute Gasteiger partial charge is 0.402 e. The zero-order valence-electron chi connectivity index (χ0n) is 8.60. The van der Waals surface area contributed by atoms with Crippen LogP contribution >= 0.6 is 0 Å². The van der Waals surface area contributed by atoms with Gasteiger partial charge < -0.3 is 24.9 Å². The molecule has 0 unspecified atom stereocenters. The lowest BCUT2D eigenvalue weighted by atomic mass is 10.3. The number of rotatable bonds is 4. The monoisotopic (exact) mass is 196 g/mol. The van der Waals surface area contributed by atoms with Crippen LogP contribution in [-0.4, -0.2) is 47.8 Å². The van der Waals surface area contributed by atoms with Gasteiger partial charge in [0.1, 0.15) is 0 Å². The van der Waals surface area contributed by atoms with Crippen LogP contribution in [0.15, 0.2) is 0 Å². The Labute approximate surface area is 80.2 Å². The van der Waals surface area contributed by atoms with Gasteiger partial charge in [-0.05, 0) is 12.8 Å². The summed E-state index contributed by atoms with van der Waals surface area (Å²) in [5.74, 6) is 0. The second kappa shape index (κ2) is 22.6. The molecule has 0 aliphatic carbocycles. The summed E-state index contributed by atoms with van der Waals surface area (Å²) in [5.41, 5.74) is 0. The number of hydrogen-bond acceptors (Lipinski definition) is 5. The van der Waals surface area contributed by atoms with Crippen molar-refractivity contribution >= 4 is 7.32 Å². The van der Waals surface area contributed by atoms with Gasteiger partial charge in [0, 0.05) is 20.3 Å². The van der Waals surface area contributed by atoms with Gasteiger partial charge in [-0.15, -0.1) is 0 Å². The molecule has 0 aliphatic heterocycles. The van der Waals surface area contributed by atoms with E-state index in [9.17, 15) is 0 Å². The molecule has 0 fully saturated rings. The molecule has 0 spiro atoms. The van der Waals surface area contributed by atoms with Crippen molar-refractivity contribution < 1.29 is 24.9 Å². The summed E-state index contributed by atoms with van der Waals surface area (Å²) >= 11 is 0. The molecule has 0 aromatic carbocycles. The molecule has 0 rings (SSSR count). The summed E-state index contributed by atoms with van der Waals surface area (Å²) in [6, 6.07) is 0. The highest BCUT2D eigenvalue weighted by molar-refractivity contribution is 6.30. The Kier molecular flexibility index (Phi) is 32.4. The third kappa shape index (κ3) is 77.3. The molecule has 0 radical (unpaired) electrons. The Balaban J connectivity index is -0.000000142. The summed E-state index contributed by atoms with van der Waals surface area (Å²) in [7, 11) is -1.17. The first-order valence-electron chi connectivity index (χ1n) is 4.21. The van der Waals surface area contributed by atoms with Gasteiger partial charge in [-0.2, -0.15) is 0 Å². The predicted octanol–water partition coefficient (Wildman–Crippen LogP) is -0.620. The van der Waals surface area contributed by atoms with Gasteiger partial charge in [0.15, 0.2) is 0 Å². The van der Waals surface area contributed by atoms with Crippen molar-refractivity contribution in [3.05, 3.63) is 0 Å². The van der Waals surface area contributed by atoms with Crippen LogP contribution in [0.3, 0.4) is 0 Å². The second-order valence-corrected chi connectivity index (χ2v) is 1.96. The highest BCUT2D eigenvalue weighted by atomic mass is 16.5. The van der Waals surface area contributed by atoms with E-state index in [1.165, 1.54) is 0 Å². The summed E-state index contributed by atoms with van der Waals surface area (Å²) in [5, 5.41) is 28.5. The Hall–Kier alpha value is -0.135. The fraction of sp³-hybridized carbons (Fsp3) is 1.00. The van der Waals surface area contributed by atoms with E-state index in [1.807, 2.05) is 0 Å². The first-order valence-corrected chi connectivity index (χ1v) is 4.21. The van der Waals surface area contributed by atoms with Crippen LogP contribution in [0, 0.1) is 0 Å². The lowest BCUT2D eigenvalue weighted by molar-refractivity contribution is 0.135. The van der Waals surface area contributed by atoms with Crippen LogP contribution in [0.4, 0.5) is 0 Å². The van der Waals surface area contributed by atoms with Gasteiger partial charge in [0.2, 0.25) is 0 Å². The maximum Gasteiger partial charge on any atom is 0.631 e. The molecule has 13 heavy (non-hydrogen) atoms. The molecule has 0 amide bonds. The van der Waals surface area contributed by atoms with E-state index in [1.54, 1.807) is 0 Å². The molecule has 0 atom stereocenters. The Morgan fingerprint density at radius 1 is 0.923 bits per heavy atom. The number of hydrogen-bond donors (Lipinski definition) is 4. The molecule has 0 aromatic heterocycles. The Morgan fingerprint density at radius 3 is 1.31 bits per heavy atom. The number of ether oxygens (including phenoxy) is 1. The summed E-state index contributed by atoms with van der Waals surface area (Å²) < 4.78 is 5.13. The Morgan fingerprint density at radius 2 is 1.15 bits per heavy atom. The normalized spacial score (nSPS) is 7.62. The van der Waals surface area contributed by atoms with Crippen LogP contribution in [0.25, 0.3) is 0 Å². The average Bonchev–Trinajstić information content (AvgIpc) is 2.08. The third-order valence-electron chi connectivity index (χ3n) is 0.697. The van der Waals surface area contributed by atoms with Crippen molar-refractivity contribution in [2.45, 2.75) is 26.7 Å². The van der Waals surface area contributed by atoms with Crippen LogP contribution in [0.2, 0.25) is 0 Å². The molecule has 0 aromatic rings. The topological polar surface area (TPSA) is 90.2 Å². The van der Waals surface area contributed by atoms with Crippen molar-refractivity contribution in [2.24, 2.45) is 0 Å². The molecule has 6 heteroatoms. The average molecular weight is 196 g/mol. The minimum atomic E-state index is -2.17. The maximum absolute atomic E-state index is 7.17. The van der Waals surface area contributed by atoms with Crippen LogP contribution in [0.5, 0.6) is 0 Å². The van der Waals surface area contributed by atoms with Gasteiger partial charge in [-0.25, -0.2) is 0 Å². The van der Waals surface area contributed by atoms with E-state index in [2.05, 4.69) is 13.8 Å². The van der Waals surface area contributed by atoms with Gasteiger partial charge >= 0.3 is 7.32 Å². The summed E-state index contributed by atoms with van der Waals surface area (Å²) in [6.45, 7) is 6.09. The number of aliphatic hydroxyl groups excluding tert-OH is 1.